The van der Waals surface area contributed by atoms with Gasteiger partial charge < -0.3 is 9.47 Å². The van der Waals surface area contributed by atoms with Gasteiger partial charge in [0.2, 0.25) is 0 Å². The number of nitro benzene ring substituents is 1. The van der Waals surface area contributed by atoms with Crippen LogP contribution in [-0.4, -0.2) is 12.0 Å². The van der Waals surface area contributed by atoms with Gasteiger partial charge in [0.05, 0.1) is 12.0 Å². The summed E-state index contributed by atoms with van der Waals surface area (Å²) in [6.07, 6.45) is 0. The molecule has 0 radical (unpaired) electrons. The second-order valence-corrected chi connectivity index (χ2v) is 4.29. The standard InChI is InChI=1S/C15H12N2O4/c1-10-7-12(17(18)19)8-11(9-16)15(10)21-14-5-3-13(20-2)4-6-14/h3-8H,1-2H3. The van der Waals surface area contributed by atoms with E-state index in [1.54, 1.807) is 38.3 Å². The fourth-order valence-corrected chi connectivity index (χ4v) is 1.84. The van der Waals surface area contributed by atoms with Crippen molar-refractivity contribution < 1.29 is 14.4 Å². The molecular formula is C15H12N2O4. The van der Waals surface area contributed by atoms with Crippen LogP contribution in [0, 0.1) is 28.4 Å². The third kappa shape index (κ3) is 3.09. The van der Waals surface area contributed by atoms with Crippen molar-refractivity contribution in [1.29, 1.82) is 5.26 Å². The van der Waals surface area contributed by atoms with Crippen LogP contribution >= 0.6 is 0 Å². The quantitative estimate of drug-likeness (QED) is 0.632. The second-order valence-electron chi connectivity index (χ2n) is 4.29. The van der Waals surface area contributed by atoms with Crippen molar-refractivity contribution in [3.8, 4) is 23.3 Å². The fraction of sp³-hybridized carbons (Fsp3) is 0.133. The maximum atomic E-state index is 10.8. The van der Waals surface area contributed by atoms with Crippen LogP contribution < -0.4 is 9.47 Å². The van der Waals surface area contributed by atoms with Gasteiger partial charge in [-0.1, -0.05) is 0 Å². The summed E-state index contributed by atoms with van der Waals surface area (Å²) in [5.74, 6) is 1.51. The Labute approximate surface area is 121 Å². The average Bonchev–Trinajstić information content (AvgIpc) is 2.49. The molecular weight excluding hydrogens is 272 g/mol. The van der Waals surface area contributed by atoms with E-state index < -0.39 is 4.92 Å². The average molecular weight is 284 g/mol. The van der Waals surface area contributed by atoms with E-state index >= 15 is 0 Å². The lowest BCUT2D eigenvalue weighted by Crippen LogP contribution is -1.96. The molecule has 2 aromatic rings. The Morgan fingerprint density at radius 2 is 1.81 bits per heavy atom. The van der Waals surface area contributed by atoms with Crippen LogP contribution in [0.3, 0.4) is 0 Å². The number of hydrogen-bond donors (Lipinski definition) is 0. The lowest BCUT2D eigenvalue weighted by atomic mass is 10.1. The highest BCUT2D eigenvalue weighted by Gasteiger charge is 2.16. The van der Waals surface area contributed by atoms with Gasteiger partial charge in [-0.2, -0.15) is 5.26 Å². The number of aryl methyl sites for hydroxylation is 1. The van der Waals surface area contributed by atoms with Crippen LogP contribution in [0.2, 0.25) is 0 Å². The molecule has 0 saturated heterocycles. The highest BCUT2D eigenvalue weighted by Crippen LogP contribution is 2.32. The molecule has 0 aliphatic rings. The minimum Gasteiger partial charge on any atom is -0.497 e. The van der Waals surface area contributed by atoms with Gasteiger partial charge >= 0.3 is 0 Å². The molecule has 0 amide bonds. The van der Waals surface area contributed by atoms with E-state index in [9.17, 15) is 10.1 Å². The summed E-state index contributed by atoms with van der Waals surface area (Å²) < 4.78 is 10.7. The largest absolute Gasteiger partial charge is 0.497 e. The number of benzene rings is 2. The third-order valence-corrected chi connectivity index (χ3v) is 2.87. The number of nitrogens with zero attached hydrogens (tertiary/aromatic N) is 2. The molecule has 21 heavy (non-hydrogen) atoms. The van der Waals surface area contributed by atoms with Gasteiger partial charge in [0.15, 0.2) is 0 Å². The molecule has 0 aliphatic carbocycles. The van der Waals surface area contributed by atoms with Crippen molar-refractivity contribution in [3.63, 3.8) is 0 Å². The zero-order chi connectivity index (χ0) is 15.4. The van der Waals surface area contributed by atoms with E-state index in [2.05, 4.69) is 0 Å². The van der Waals surface area contributed by atoms with Gasteiger partial charge in [-0.25, -0.2) is 0 Å². The zero-order valence-electron chi connectivity index (χ0n) is 11.5. The molecule has 0 aliphatic heterocycles. The Morgan fingerprint density at radius 3 is 2.33 bits per heavy atom. The molecule has 0 atom stereocenters. The van der Waals surface area contributed by atoms with Gasteiger partial charge in [0.25, 0.3) is 5.69 Å². The summed E-state index contributed by atoms with van der Waals surface area (Å²) in [7, 11) is 1.56. The maximum absolute atomic E-state index is 10.8. The van der Waals surface area contributed by atoms with Crippen LogP contribution in [0.5, 0.6) is 17.2 Å². The molecule has 0 aromatic heterocycles. The van der Waals surface area contributed by atoms with Gasteiger partial charge in [-0.15, -0.1) is 0 Å². The summed E-state index contributed by atoms with van der Waals surface area (Å²) in [4.78, 5) is 10.3. The van der Waals surface area contributed by atoms with E-state index in [1.165, 1.54) is 12.1 Å². The number of non-ortho nitro benzene ring substituents is 1. The number of methoxy groups -OCH3 is 1. The van der Waals surface area contributed by atoms with E-state index in [-0.39, 0.29) is 11.3 Å². The zero-order valence-corrected chi connectivity index (χ0v) is 11.5. The first-order chi connectivity index (χ1) is 10.0. The molecule has 2 rings (SSSR count). The first kappa shape index (κ1) is 14.3. The van der Waals surface area contributed by atoms with Crippen LogP contribution in [0.25, 0.3) is 0 Å². The molecule has 0 unspecified atom stereocenters. The van der Waals surface area contributed by atoms with Gasteiger partial charge in [-0.05, 0) is 36.8 Å². The Morgan fingerprint density at radius 1 is 1.19 bits per heavy atom. The molecule has 6 nitrogen and oxygen atoms in total. The predicted octanol–water partition coefficient (Wildman–Crippen LogP) is 3.58. The Balaban J connectivity index is 2.39. The minimum atomic E-state index is -0.537. The Bertz CT molecular complexity index is 718. The van der Waals surface area contributed by atoms with Crippen molar-refractivity contribution in [2.75, 3.05) is 7.11 Å². The van der Waals surface area contributed by atoms with Gasteiger partial charge in [0.1, 0.15) is 28.9 Å². The summed E-state index contributed by atoms with van der Waals surface area (Å²) >= 11 is 0. The second kappa shape index (κ2) is 5.92. The van der Waals surface area contributed by atoms with Gasteiger partial charge in [-0.3, -0.25) is 10.1 Å². The van der Waals surface area contributed by atoms with E-state index in [0.29, 0.717) is 22.8 Å². The predicted molar refractivity (Wildman–Crippen MR) is 75.6 cm³/mol. The normalized spacial score (nSPS) is 9.76. The van der Waals surface area contributed by atoms with Crippen LogP contribution in [0.4, 0.5) is 5.69 Å². The lowest BCUT2D eigenvalue weighted by Gasteiger charge is -2.10. The van der Waals surface area contributed by atoms with Crippen molar-refractivity contribution in [3.05, 3.63) is 57.6 Å². The number of ether oxygens (including phenoxy) is 2. The van der Waals surface area contributed by atoms with Gasteiger partial charge in [0, 0.05) is 12.1 Å². The van der Waals surface area contributed by atoms with Crippen LogP contribution in [0.15, 0.2) is 36.4 Å². The summed E-state index contributed by atoms with van der Waals surface area (Å²) in [5, 5.41) is 19.9. The number of hydrogen-bond acceptors (Lipinski definition) is 5. The molecule has 6 heteroatoms. The highest BCUT2D eigenvalue weighted by atomic mass is 16.6. The van der Waals surface area contributed by atoms with Crippen LogP contribution in [0.1, 0.15) is 11.1 Å². The van der Waals surface area contributed by atoms with Crippen molar-refractivity contribution >= 4 is 5.69 Å². The molecule has 0 bridgehead atoms. The molecule has 0 N–H and O–H groups in total. The summed E-state index contributed by atoms with van der Waals surface area (Å²) in [6.45, 7) is 1.66. The minimum absolute atomic E-state index is 0.123. The van der Waals surface area contributed by atoms with E-state index in [0.717, 1.165) is 0 Å². The molecule has 106 valence electrons. The topological polar surface area (TPSA) is 85.4 Å². The molecule has 0 heterocycles. The number of nitro groups is 1. The summed E-state index contributed by atoms with van der Waals surface area (Å²) in [6, 6.07) is 11.3. The third-order valence-electron chi connectivity index (χ3n) is 2.87. The van der Waals surface area contributed by atoms with Crippen molar-refractivity contribution in [1.82, 2.24) is 0 Å². The molecule has 0 fully saturated rings. The molecule has 0 spiro atoms. The number of nitriles is 1. The first-order valence-corrected chi connectivity index (χ1v) is 6.06. The smallest absolute Gasteiger partial charge is 0.271 e. The highest BCUT2D eigenvalue weighted by molar-refractivity contribution is 5.56. The molecule has 2 aromatic carbocycles. The summed E-state index contributed by atoms with van der Waals surface area (Å²) in [5.41, 5.74) is 0.514. The first-order valence-electron chi connectivity index (χ1n) is 6.06. The number of rotatable bonds is 4. The van der Waals surface area contributed by atoms with Crippen molar-refractivity contribution in [2.45, 2.75) is 6.92 Å². The van der Waals surface area contributed by atoms with E-state index in [1.807, 2.05) is 6.07 Å². The van der Waals surface area contributed by atoms with E-state index in [4.69, 9.17) is 14.7 Å². The Hall–Kier alpha value is -3.07. The van der Waals surface area contributed by atoms with Crippen LogP contribution in [-0.2, 0) is 0 Å². The Kier molecular flexibility index (Phi) is 4.05. The fourth-order valence-electron chi connectivity index (χ4n) is 1.84. The monoisotopic (exact) mass is 284 g/mol. The SMILES string of the molecule is COc1ccc(Oc2c(C)cc([N+](=O)[O-])cc2C#N)cc1. The molecule has 0 saturated carbocycles. The lowest BCUT2D eigenvalue weighted by molar-refractivity contribution is -0.384. The van der Waals surface area contributed by atoms with Crippen molar-refractivity contribution in [2.24, 2.45) is 0 Å². The maximum Gasteiger partial charge on any atom is 0.271 e.